The number of hydrogen-bond donors (Lipinski definition) is 2. The summed E-state index contributed by atoms with van der Waals surface area (Å²) in [7, 11) is 0. The maximum Gasteiger partial charge on any atom is 0.200 e. The molecule has 0 aliphatic heterocycles. The van der Waals surface area contributed by atoms with E-state index in [-0.39, 0.29) is 12.1 Å². The Morgan fingerprint density at radius 3 is 0.898 bits per heavy atom. The average Bonchev–Trinajstić information content (AvgIpc) is 3.15. The molecule has 8 nitrogen and oxygen atoms in total. The van der Waals surface area contributed by atoms with Gasteiger partial charge in [-0.3, -0.25) is 14.8 Å². The molecular weight excluding hydrogens is 612 g/mol. The minimum absolute atomic E-state index is 0.0347. The molecule has 0 atom stereocenters. The molecule has 0 aliphatic rings. The van der Waals surface area contributed by atoms with Crippen LogP contribution in [0.15, 0.2) is 174 Å². The van der Waals surface area contributed by atoms with Gasteiger partial charge in [0.2, 0.25) is 5.43 Å². The van der Waals surface area contributed by atoms with Crippen LogP contribution in [0.1, 0.15) is 0 Å². The van der Waals surface area contributed by atoms with Crippen LogP contribution in [0, 0.1) is 0 Å². The SMILES string of the molecule is NCN.O=c1c2ccccc2oc2ccccc12.c1ccc2c(=NCN=c3c4ccccc4oc4ccccc34)c3ccccc3oc2c1. The lowest BCUT2D eigenvalue weighted by Gasteiger charge is -2.04. The summed E-state index contributed by atoms with van der Waals surface area (Å²) in [6.07, 6.45) is 0. The van der Waals surface area contributed by atoms with Gasteiger partial charge in [-0.1, -0.05) is 72.8 Å². The molecule has 0 spiro atoms. The van der Waals surface area contributed by atoms with Crippen molar-refractivity contribution in [1.29, 1.82) is 0 Å². The Hall–Kier alpha value is -6.35. The highest BCUT2D eigenvalue weighted by Crippen LogP contribution is 2.20. The Morgan fingerprint density at radius 1 is 0.388 bits per heavy atom. The molecule has 240 valence electrons. The van der Waals surface area contributed by atoms with Crippen molar-refractivity contribution in [3.63, 3.8) is 0 Å². The number of nitrogens with zero attached hydrogens (tertiary/aromatic N) is 2. The van der Waals surface area contributed by atoms with E-state index in [0.29, 0.717) is 28.6 Å². The molecule has 6 aromatic carbocycles. The Labute approximate surface area is 279 Å². The molecule has 9 rings (SSSR count). The molecule has 3 heterocycles. The van der Waals surface area contributed by atoms with Crippen molar-refractivity contribution in [1.82, 2.24) is 0 Å². The summed E-state index contributed by atoms with van der Waals surface area (Å²) in [6, 6.07) is 46.5. The van der Waals surface area contributed by atoms with E-state index in [2.05, 4.69) is 11.5 Å². The number of hydrogen-bond acceptors (Lipinski definition) is 8. The first-order valence-electron chi connectivity index (χ1n) is 15.8. The predicted octanol–water partition coefficient (Wildman–Crippen LogP) is 7.75. The van der Waals surface area contributed by atoms with Crippen LogP contribution in [-0.4, -0.2) is 13.3 Å². The highest BCUT2D eigenvalue weighted by molar-refractivity contribution is 5.91. The summed E-state index contributed by atoms with van der Waals surface area (Å²) in [5.41, 5.74) is 13.8. The second-order valence-corrected chi connectivity index (χ2v) is 11.0. The van der Waals surface area contributed by atoms with Gasteiger partial charge in [0.15, 0.2) is 0 Å². The van der Waals surface area contributed by atoms with E-state index < -0.39 is 0 Å². The fourth-order valence-corrected chi connectivity index (χ4v) is 5.80. The molecule has 0 saturated carbocycles. The van der Waals surface area contributed by atoms with E-state index >= 15 is 0 Å². The van der Waals surface area contributed by atoms with E-state index in [1.807, 2.05) is 133 Å². The maximum absolute atomic E-state index is 12.0. The Morgan fingerprint density at radius 2 is 0.612 bits per heavy atom. The molecule has 49 heavy (non-hydrogen) atoms. The van der Waals surface area contributed by atoms with Crippen LogP contribution in [0.4, 0.5) is 0 Å². The molecule has 0 bridgehead atoms. The van der Waals surface area contributed by atoms with Crippen molar-refractivity contribution in [2.75, 3.05) is 13.3 Å². The minimum atomic E-state index is 0.0347. The van der Waals surface area contributed by atoms with Gasteiger partial charge in [0, 0.05) is 28.2 Å². The number of para-hydroxylation sites is 6. The molecule has 0 fully saturated rings. The molecular formula is C41H32N4O4. The maximum atomic E-state index is 12.0. The van der Waals surface area contributed by atoms with Gasteiger partial charge >= 0.3 is 0 Å². The summed E-state index contributed by atoms with van der Waals surface area (Å²) in [6.45, 7) is 0.552. The van der Waals surface area contributed by atoms with Crippen LogP contribution in [0.3, 0.4) is 0 Å². The smallest absolute Gasteiger partial charge is 0.200 e. The number of benzene rings is 6. The van der Waals surface area contributed by atoms with E-state index in [4.69, 9.17) is 23.2 Å². The van der Waals surface area contributed by atoms with Gasteiger partial charge in [-0.2, -0.15) is 0 Å². The van der Waals surface area contributed by atoms with Crippen molar-refractivity contribution in [2.45, 2.75) is 0 Å². The van der Waals surface area contributed by atoms with Gasteiger partial charge in [0.25, 0.3) is 0 Å². The first kappa shape index (κ1) is 31.3. The van der Waals surface area contributed by atoms with E-state index in [1.165, 1.54) is 0 Å². The first-order chi connectivity index (χ1) is 24.2. The Kier molecular flexibility index (Phi) is 9.05. The Balaban J connectivity index is 0.000000175. The fourth-order valence-electron chi connectivity index (χ4n) is 5.80. The fraction of sp³-hybridized carbons (Fsp3) is 0.0488. The van der Waals surface area contributed by atoms with Crippen molar-refractivity contribution in [3.8, 4) is 0 Å². The van der Waals surface area contributed by atoms with Gasteiger partial charge in [0.05, 0.1) is 21.5 Å². The summed E-state index contributed by atoms with van der Waals surface area (Å²) < 4.78 is 17.8. The third-order valence-corrected chi connectivity index (χ3v) is 7.95. The second-order valence-electron chi connectivity index (χ2n) is 11.0. The molecule has 9 aromatic rings. The lowest BCUT2D eigenvalue weighted by atomic mass is 10.1. The summed E-state index contributed by atoms with van der Waals surface area (Å²) in [5.74, 6) is 0. The second kappa shape index (κ2) is 14.2. The van der Waals surface area contributed by atoms with Crippen molar-refractivity contribution in [3.05, 3.63) is 167 Å². The normalized spacial score (nSPS) is 10.9. The third kappa shape index (κ3) is 6.34. The van der Waals surface area contributed by atoms with Crippen LogP contribution in [0.25, 0.3) is 65.8 Å². The lowest BCUT2D eigenvalue weighted by Crippen LogP contribution is -2.09. The summed E-state index contributed by atoms with van der Waals surface area (Å²) >= 11 is 0. The van der Waals surface area contributed by atoms with Gasteiger partial charge in [0.1, 0.15) is 40.2 Å². The zero-order valence-electron chi connectivity index (χ0n) is 26.5. The van der Waals surface area contributed by atoms with Crippen molar-refractivity contribution < 1.29 is 13.3 Å². The molecule has 0 radical (unpaired) electrons. The topological polar surface area (TPSA) is 133 Å². The van der Waals surface area contributed by atoms with Crippen LogP contribution >= 0.6 is 0 Å². The summed E-state index contributed by atoms with van der Waals surface area (Å²) in [5, 5.41) is 6.99. The molecule has 0 unspecified atom stereocenters. The van der Waals surface area contributed by atoms with Crippen molar-refractivity contribution >= 4 is 65.8 Å². The number of fused-ring (bicyclic) bond motifs is 6. The largest absolute Gasteiger partial charge is 0.456 e. The van der Waals surface area contributed by atoms with Crippen LogP contribution < -0.4 is 27.6 Å². The summed E-state index contributed by atoms with van der Waals surface area (Å²) in [4.78, 5) is 21.9. The molecule has 0 amide bonds. The predicted molar refractivity (Wildman–Crippen MR) is 197 cm³/mol. The van der Waals surface area contributed by atoms with Crippen molar-refractivity contribution in [2.24, 2.45) is 21.5 Å². The molecule has 0 saturated heterocycles. The highest BCUT2D eigenvalue weighted by Gasteiger charge is 2.07. The average molecular weight is 645 g/mol. The van der Waals surface area contributed by atoms with Gasteiger partial charge < -0.3 is 24.7 Å². The highest BCUT2D eigenvalue weighted by atomic mass is 16.3. The Bertz CT molecular complexity index is 2500. The molecule has 8 heteroatoms. The zero-order chi connectivity index (χ0) is 33.6. The van der Waals surface area contributed by atoms with Crippen LogP contribution in [-0.2, 0) is 0 Å². The molecule has 4 N–H and O–H groups in total. The minimum Gasteiger partial charge on any atom is -0.456 e. The van der Waals surface area contributed by atoms with Gasteiger partial charge in [-0.15, -0.1) is 0 Å². The van der Waals surface area contributed by atoms with E-state index in [9.17, 15) is 4.79 Å². The number of nitrogens with two attached hydrogens (primary N) is 2. The lowest BCUT2D eigenvalue weighted by molar-refractivity contribution is 0.659. The van der Waals surface area contributed by atoms with E-state index in [0.717, 1.165) is 54.6 Å². The zero-order valence-corrected chi connectivity index (χ0v) is 26.5. The number of rotatable bonds is 2. The molecule has 3 aromatic heterocycles. The standard InChI is InChI=1S/C27H18N2O2.C13H8O2.CH6N2/c1-5-13-22-18(9-1)26(19-10-2-6-14-23(19)30-22)28-17-29-27-20-11-3-7-15-24(20)31-25-16-8-4-12-21(25)27;14-13-9-5-1-3-7-11(9)15-12-8-4-2-6-10(12)13;2-1-3/h1-16H,17H2;1-8H;1-3H2. The first-order valence-corrected chi connectivity index (χ1v) is 15.8. The van der Waals surface area contributed by atoms with E-state index in [1.54, 1.807) is 12.1 Å². The monoisotopic (exact) mass is 644 g/mol. The van der Waals surface area contributed by atoms with Gasteiger partial charge in [-0.25, -0.2) is 0 Å². The third-order valence-electron chi connectivity index (χ3n) is 7.95. The van der Waals surface area contributed by atoms with Crippen LogP contribution in [0.2, 0.25) is 0 Å². The molecule has 0 aliphatic carbocycles. The quantitative estimate of drug-likeness (QED) is 0.146. The van der Waals surface area contributed by atoms with Gasteiger partial charge in [-0.05, 0) is 72.8 Å². The van der Waals surface area contributed by atoms with Crippen LogP contribution in [0.5, 0.6) is 0 Å².